The number of carbonyl (C=O) groups excluding carboxylic acids is 1. The number of primary amides is 2. The van der Waals surface area contributed by atoms with Crippen LogP contribution in [0.3, 0.4) is 0 Å². The molecule has 0 saturated heterocycles. The minimum absolute atomic E-state index is 0. The van der Waals surface area contributed by atoms with E-state index in [1.807, 2.05) is 0 Å². The topological polar surface area (TPSA) is 69.1 Å². The van der Waals surface area contributed by atoms with Gasteiger partial charge in [-0.2, -0.15) is 0 Å². The van der Waals surface area contributed by atoms with Crippen LogP contribution in [0.5, 0.6) is 0 Å². The number of halogens is 2. The summed E-state index contributed by atoms with van der Waals surface area (Å²) < 4.78 is 0. The molecule has 0 fully saturated rings. The van der Waals surface area contributed by atoms with Crippen molar-refractivity contribution in [2.75, 3.05) is 0 Å². The van der Waals surface area contributed by atoms with Crippen molar-refractivity contribution in [3.05, 3.63) is 0 Å². The maximum atomic E-state index is 9.00. The second-order valence-electron chi connectivity index (χ2n) is 0.402. The van der Waals surface area contributed by atoms with Crippen molar-refractivity contribution in [3.8, 4) is 0 Å². The number of hydrogen-bond acceptors (Lipinski definition) is 1. The molecule has 0 rings (SSSR count). The van der Waals surface area contributed by atoms with Gasteiger partial charge in [-0.15, -0.1) is 0 Å². The van der Waals surface area contributed by atoms with E-state index in [0.29, 0.717) is 0 Å². The molecule has 0 heterocycles. The summed E-state index contributed by atoms with van der Waals surface area (Å²) in [6, 6.07) is -0.833. The summed E-state index contributed by atoms with van der Waals surface area (Å²) in [7, 11) is 0. The molecule has 40 valence electrons. The summed E-state index contributed by atoms with van der Waals surface area (Å²) >= 11 is 0. The van der Waals surface area contributed by atoms with E-state index in [4.69, 9.17) is 4.79 Å². The molecule has 0 aliphatic heterocycles. The maximum Gasteiger partial charge on any atom is 2.00 e. The van der Waals surface area contributed by atoms with Crippen LogP contribution in [0.15, 0.2) is 0 Å². The predicted octanol–water partition coefficient (Wildman–Crippen LogP) is -7.35. The molecule has 0 aromatic rings. The quantitative estimate of drug-likeness (QED) is 0.321. The monoisotopic (exact) mass is 138 g/mol. The van der Waals surface area contributed by atoms with E-state index >= 15 is 0 Å². The Kier molecular flexibility index (Phi) is 60.6. The molecule has 0 bridgehead atoms. The smallest absolute Gasteiger partial charge is 1.00 e. The summed E-state index contributed by atoms with van der Waals surface area (Å²) in [5.74, 6) is 0. The summed E-state index contributed by atoms with van der Waals surface area (Å²) in [6.07, 6.45) is 0. The Balaban J connectivity index is -0.0000000150. The molecule has 7 heavy (non-hydrogen) atoms. The Morgan fingerprint density at radius 2 is 1.14 bits per heavy atom. The van der Waals surface area contributed by atoms with Crippen LogP contribution >= 0.6 is 0 Å². The number of carbonyl (C=O) groups is 1. The van der Waals surface area contributed by atoms with E-state index in [2.05, 4.69) is 11.5 Å². The number of rotatable bonds is 0. The first-order valence-electron chi connectivity index (χ1n) is 0.781. The van der Waals surface area contributed by atoms with Gasteiger partial charge in [0.25, 0.3) is 0 Å². The van der Waals surface area contributed by atoms with Gasteiger partial charge in [0.15, 0.2) is 0 Å². The molecule has 4 N–H and O–H groups in total. The van der Waals surface area contributed by atoms with Gasteiger partial charge in [0.05, 0.1) is 0 Å². The molecule has 0 atom stereocenters. The first kappa shape index (κ1) is 26.3. The Morgan fingerprint density at radius 3 is 1.14 bits per heavy atom. The third-order valence-electron chi connectivity index (χ3n) is 0. The van der Waals surface area contributed by atoms with E-state index in [9.17, 15) is 0 Å². The molecule has 0 spiro atoms. The van der Waals surface area contributed by atoms with Crippen molar-refractivity contribution in [1.82, 2.24) is 0 Å². The molecule has 0 radical (unpaired) electrons. The van der Waals surface area contributed by atoms with Gasteiger partial charge in [-0.1, -0.05) is 0 Å². The zero-order valence-electron chi connectivity index (χ0n) is 3.53. The van der Waals surface area contributed by atoms with Crippen molar-refractivity contribution in [2.45, 2.75) is 0 Å². The van der Waals surface area contributed by atoms with Crippen molar-refractivity contribution >= 4 is 43.8 Å². The predicted molar refractivity (Wildman–Crippen MR) is 19.5 cm³/mol. The fraction of sp³-hybridized carbons (Fsp3) is 0. The first-order chi connectivity index (χ1) is 1.73. The minimum atomic E-state index is -0.833. The fourth-order valence-corrected chi connectivity index (χ4v) is 0. The van der Waals surface area contributed by atoms with Gasteiger partial charge < -0.3 is 20.9 Å². The second-order valence-corrected chi connectivity index (χ2v) is 0.402. The van der Waals surface area contributed by atoms with Crippen molar-refractivity contribution in [3.63, 3.8) is 0 Å². The zero-order valence-corrected chi connectivity index (χ0v) is 5.73. The Bertz CT molecular complexity index is 38.7. The molecule has 2 amide bonds. The van der Waals surface area contributed by atoms with Crippen LogP contribution in [-0.4, -0.2) is 43.8 Å². The molecule has 0 aliphatic rings. The van der Waals surface area contributed by atoms with Gasteiger partial charge in [0.2, 0.25) is 0 Å². The van der Waals surface area contributed by atoms with Gasteiger partial charge >= 0.3 is 43.8 Å². The number of hydrogen-bond donors (Lipinski definition) is 2. The third kappa shape index (κ3) is 811. The van der Waals surface area contributed by atoms with E-state index in [1.165, 1.54) is 0 Å². The standard InChI is InChI=1S/CH4N2O.Ca.2FH/c2-1(3)4;;;/h(H4,2,3,4);;2*1H/q;+2;;/p-2. The normalized spacial score (nSPS) is 3.43. The van der Waals surface area contributed by atoms with Gasteiger partial charge in [0, 0.05) is 0 Å². The van der Waals surface area contributed by atoms with E-state index < -0.39 is 6.03 Å². The molecule has 0 unspecified atom stereocenters. The molecular formula is CH4CaF2N2O. The van der Waals surface area contributed by atoms with Crippen LogP contribution in [0.4, 0.5) is 4.79 Å². The van der Waals surface area contributed by atoms with Crippen LogP contribution in [-0.2, 0) is 0 Å². The SMILES string of the molecule is NC(N)=O.[Ca+2].[F-].[F-]. The van der Waals surface area contributed by atoms with Gasteiger partial charge in [-0.25, -0.2) is 4.79 Å². The van der Waals surface area contributed by atoms with Crippen LogP contribution in [0.25, 0.3) is 0 Å². The molecule has 6 heteroatoms. The van der Waals surface area contributed by atoms with Crippen LogP contribution in [0, 0.1) is 0 Å². The maximum absolute atomic E-state index is 9.00. The van der Waals surface area contributed by atoms with Gasteiger partial charge in [0.1, 0.15) is 0 Å². The summed E-state index contributed by atoms with van der Waals surface area (Å²) in [5, 5.41) is 0. The van der Waals surface area contributed by atoms with Crippen molar-refractivity contribution in [2.24, 2.45) is 11.5 Å². The number of urea groups is 1. The fourth-order valence-electron chi connectivity index (χ4n) is 0. The Morgan fingerprint density at radius 1 is 1.14 bits per heavy atom. The first-order valence-corrected chi connectivity index (χ1v) is 0.781. The average molecular weight is 138 g/mol. The Labute approximate surface area is 69.2 Å². The van der Waals surface area contributed by atoms with Crippen LogP contribution in [0.1, 0.15) is 0 Å². The summed E-state index contributed by atoms with van der Waals surface area (Å²) in [6.45, 7) is 0. The molecule has 0 saturated carbocycles. The summed E-state index contributed by atoms with van der Waals surface area (Å²) in [5.41, 5.74) is 8.50. The molecular weight excluding hydrogens is 134 g/mol. The van der Waals surface area contributed by atoms with E-state index in [-0.39, 0.29) is 47.1 Å². The van der Waals surface area contributed by atoms with Gasteiger partial charge in [-0.05, 0) is 0 Å². The van der Waals surface area contributed by atoms with Crippen LogP contribution in [0.2, 0.25) is 0 Å². The third-order valence-corrected chi connectivity index (χ3v) is 0. The minimum Gasteiger partial charge on any atom is -1.00 e. The van der Waals surface area contributed by atoms with E-state index in [1.54, 1.807) is 0 Å². The second kappa shape index (κ2) is 16.2. The molecule has 3 nitrogen and oxygen atoms in total. The largest absolute Gasteiger partial charge is 2.00 e. The zero-order chi connectivity index (χ0) is 3.58. The van der Waals surface area contributed by atoms with Gasteiger partial charge in [-0.3, -0.25) is 0 Å². The summed E-state index contributed by atoms with van der Waals surface area (Å²) in [4.78, 5) is 9.00. The average Bonchev–Trinajstić information content (AvgIpc) is 0.811. The number of nitrogens with two attached hydrogens (primary N) is 2. The van der Waals surface area contributed by atoms with Crippen LogP contribution < -0.4 is 20.9 Å². The molecule has 0 aromatic carbocycles. The van der Waals surface area contributed by atoms with Crippen molar-refractivity contribution in [1.29, 1.82) is 0 Å². The number of amides is 2. The Hall–Kier alpha value is 0.390. The molecule has 0 aliphatic carbocycles. The van der Waals surface area contributed by atoms with E-state index in [0.717, 1.165) is 0 Å². The molecule has 0 aromatic heterocycles. The van der Waals surface area contributed by atoms with Crippen molar-refractivity contribution < 1.29 is 14.2 Å².